The van der Waals surface area contributed by atoms with Crippen molar-refractivity contribution in [3.63, 3.8) is 0 Å². The van der Waals surface area contributed by atoms with Crippen LogP contribution < -0.4 is 5.32 Å². The Labute approximate surface area is 204 Å². The molecule has 1 heterocycles. The van der Waals surface area contributed by atoms with Gasteiger partial charge in [-0.05, 0) is 18.2 Å². The number of esters is 4. The third kappa shape index (κ3) is 7.57. The fraction of sp³-hybridized carbons (Fsp3) is 0.476. The molecular formula is C21H23Cl2NO10. The van der Waals surface area contributed by atoms with Gasteiger partial charge in [0.1, 0.15) is 18.8 Å². The number of carbonyl (C=O) groups is 5. The molecule has 11 nitrogen and oxygen atoms in total. The second kappa shape index (κ2) is 12.0. The van der Waals surface area contributed by atoms with Gasteiger partial charge in [-0.25, -0.2) is 0 Å². The highest BCUT2D eigenvalue weighted by atomic mass is 35.5. The van der Waals surface area contributed by atoms with Gasteiger partial charge in [0.2, 0.25) is 6.29 Å². The largest absolute Gasteiger partial charge is 0.463 e. The van der Waals surface area contributed by atoms with Gasteiger partial charge in [-0.2, -0.15) is 0 Å². The molecule has 1 aliphatic heterocycles. The summed E-state index contributed by atoms with van der Waals surface area (Å²) in [5.74, 6) is -3.75. The van der Waals surface area contributed by atoms with Crippen molar-refractivity contribution in [1.82, 2.24) is 5.32 Å². The van der Waals surface area contributed by atoms with Gasteiger partial charge in [-0.1, -0.05) is 23.2 Å². The van der Waals surface area contributed by atoms with Crippen LogP contribution in [0.3, 0.4) is 0 Å². The number of benzene rings is 1. The minimum absolute atomic E-state index is 0.0142. The Kier molecular flexibility index (Phi) is 9.66. The number of ether oxygens (including phenoxy) is 5. The lowest BCUT2D eigenvalue weighted by molar-refractivity contribution is -0.270. The molecule has 1 N–H and O–H groups in total. The van der Waals surface area contributed by atoms with Crippen LogP contribution in [-0.4, -0.2) is 67.0 Å². The predicted octanol–water partition coefficient (Wildman–Crippen LogP) is 1.81. The predicted molar refractivity (Wildman–Crippen MR) is 116 cm³/mol. The van der Waals surface area contributed by atoms with Crippen molar-refractivity contribution in [2.45, 2.75) is 58.3 Å². The summed E-state index contributed by atoms with van der Waals surface area (Å²) in [7, 11) is 0. The first kappa shape index (κ1) is 27.4. The number of carbonyl (C=O) groups excluding carboxylic acids is 5. The van der Waals surface area contributed by atoms with Crippen LogP contribution in [0.1, 0.15) is 38.1 Å². The summed E-state index contributed by atoms with van der Waals surface area (Å²) in [6.07, 6.45) is -5.44. The summed E-state index contributed by atoms with van der Waals surface area (Å²) in [5.41, 5.74) is 0.0142. The molecule has 2 rings (SSSR count). The summed E-state index contributed by atoms with van der Waals surface area (Å²) < 4.78 is 26.5. The first-order valence-electron chi connectivity index (χ1n) is 9.95. The van der Waals surface area contributed by atoms with Crippen LogP contribution >= 0.6 is 23.2 Å². The molecule has 5 atom stereocenters. The number of nitrogens with one attached hydrogen (secondary N) is 1. The van der Waals surface area contributed by atoms with Gasteiger partial charge >= 0.3 is 23.9 Å². The van der Waals surface area contributed by atoms with E-state index in [1.165, 1.54) is 18.2 Å². The second-order valence-electron chi connectivity index (χ2n) is 7.23. The van der Waals surface area contributed by atoms with E-state index in [1.54, 1.807) is 0 Å². The highest BCUT2D eigenvalue weighted by molar-refractivity contribution is 6.36. The van der Waals surface area contributed by atoms with Crippen molar-refractivity contribution in [3.8, 4) is 0 Å². The average Bonchev–Trinajstić information content (AvgIpc) is 2.69. The van der Waals surface area contributed by atoms with E-state index in [0.717, 1.165) is 27.7 Å². The number of amides is 1. The van der Waals surface area contributed by atoms with E-state index in [4.69, 9.17) is 46.9 Å². The first-order chi connectivity index (χ1) is 15.9. The van der Waals surface area contributed by atoms with E-state index in [2.05, 4.69) is 5.32 Å². The highest BCUT2D eigenvalue weighted by Crippen LogP contribution is 2.29. The summed E-state index contributed by atoms with van der Waals surface area (Å²) in [4.78, 5) is 59.7. The molecule has 0 aliphatic carbocycles. The van der Waals surface area contributed by atoms with Gasteiger partial charge in [0.15, 0.2) is 12.2 Å². The van der Waals surface area contributed by atoms with Crippen LogP contribution in [0.5, 0.6) is 0 Å². The lowest BCUT2D eigenvalue weighted by atomic mass is 9.95. The SMILES string of the molecule is CC(=O)OC[C@@H]1O[C@H](OC(C)=O)[C@@H](NC(=O)c2ccc(Cl)cc2Cl)[C@@H](OC(C)=O)[C@@H]1OC(C)=O. The summed E-state index contributed by atoms with van der Waals surface area (Å²) >= 11 is 12.0. The molecule has 0 radical (unpaired) electrons. The van der Waals surface area contributed by atoms with Crippen LogP contribution in [0.4, 0.5) is 0 Å². The van der Waals surface area contributed by atoms with Crippen LogP contribution in [0.25, 0.3) is 0 Å². The average molecular weight is 520 g/mol. The Morgan fingerprint density at radius 2 is 1.47 bits per heavy atom. The van der Waals surface area contributed by atoms with Crippen LogP contribution in [-0.2, 0) is 42.9 Å². The van der Waals surface area contributed by atoms with E-state index in [0.29, 0.717) is 5.02 Å². The van der Waals surface area contributed by atoms with E-state index in [-0.39, 0.29) is 10.6 Å². The van der Waals surface area contributed by atoms with E-state index >= 15 is 0 Å². The van der Waals surface area contributed by atoms with Gasteiger partial charge in [-0.15, -0.1) is 0 Å². The molecule has 0 unspecified atom stereocenters. The molecule has 1 saturated heterocycles. The molecule has 1 aliphatic rings. The Morgan fingerprint density at radius 3 is 2.00 bits per heavy atom. The zero-order valence-electron chi connectivity index (χ0n) is 18.7. The molecule has 0 spiro atoms. The fourth-order valence-electron chi connectivity index (χ4n) is 3.22. The number of halogens is 2. The monoisotopic (exact) mass is 519 g/mol. The van der Waals surface area contributed by atoms with E-state index in [9.17, 15) is 24.0 Å². The summed E-state index contributed by atoms with van der Waals surface area (Å²) in [5, 5.41) is 2.87. The summed E-state index contributed by atoms with van der Waals surface area (Å²) in [6, 6.07) is 2.80. The van der Waals surface area contributed by atoms with Crippen LogP contribution in [0, 0.1) is 0 Å². The Hall–Kier alpha value is -2.89. The van der Waals surface area contributed by atoms with Crippen molar-refractivity contribution in [3.05, 3.63) is 33.8 Å². The molecule has 0 aromatic heterocycles. The third-order valence-electron chi connectivity index (χ3n) is 4.46. The van der Waals surface area contributed by atoms with Gasteiger partial charge in [0.25, 0.3) is 5.91 Å². The van der Waals surface area contributed by atoms with Gasteiger partial charge in [0, 0.05) is 32.7 Å². The maximum atomic E-state index is 13.0. The molecule has 1 amide bonds. The van der Waals surface area contributed by atoms with Crippen LogP contribution in [0.15, 0.2) is 18.2 Å². The molecule has 13 heteroatoms. The van der Waals surface area contributed by atoms with Crippen molar-refractivity contribution < 1.29 is 47.7 Å². The topological polar surface area (TPSA) is 144 Å². The maximum absolute atomic E-state index is 13.0. The lowest BCUT2D eigenvalue weighted by Gasteiger charge is -2.44. The van der Waals surface area contributed by atoms with Crippen molar-refractivity contribution >= 4 is 53.0 Å². The maximum Gasteiger partial charge on any atom is 0.305 e. The Balaban J connectivity index is 2.48. The zero-order chi connectivity index (χ0) is 25.6. The normalized spacial score (nSPS) is 23.9. The molecule has 34 heavy (non-hydrogen) atoms. The minimum atomic E-state index is -1.51. The number of hydrogen-bond acceptors (Lipinski definition) is 10. The van der Waals surface area contributed by atoms with Gasteiger partial charge < -0.3 is 29.0 Å². The van der Waals surface area contributed by atoms with Gasteiger partial charge in [0.05, 0.1) is 10.6 Å². The van der Waals surface area contributed by atoms with Crippen LogP contribution in [0.2, 0.25) is 10.0 Å². The van der Waals surface area contributed by atoms with Crippen molar-refractivity contribution in [2.75, 3.05) is 6.61 Å². The Morgan fingerprint density at radius 1 is 0.882 bits per heavy atom. The second-order valence-corrected chi connectivity index (χ2v) is 8.07. The third-order valence-corrected chi connectivity index (χ3v) is 5.00. The molecule has 1 fully saturated rings. The molecule has 186 valence electrons. The molecule has 0 saturated carbocycles. The Bertz CT molecular complexity index is 969. The molecule has 1 aromatic rings. The van der Waals surface area contributed by atoms with Crippen molar-refractivity contribution in [2.24, 2.45) is 0 Å². The minimum Gasteiger partial charge on any atom is -0.463 e. The molecule has 1 aromatic carbocycles. The molecule has 0 bridgehead atoms. The van der Waals surface area contributed by atoms with Gasteiger partial charge in [-0.3, -0.25) is 24.0 Å². The number of rotatable bonds is 7. The first-order valence-corrected chi connectivity index (χ1v) is 10.7. The fourth-order valence-corrected chi connectivity index (χ4v) is 3.72. The smallest absolute Gasteiger partial charge is 0.305 e. The highest BCUT2D eigenvalue weighted by Gasteiger charge is 2.52. The zero-order valence-corrected chi connectivity index (χ0v) is 20.2. The lowest BCUT2D eigenvalue weighted by Crippen LogP contribution is -2.67. The standard InChI is InChI=1S/C21H23Cl2NO10/c1-9(25)30-8-16-18(31-10(2)26)19(32-11(3)27)17(21(34-16)33-12(4)28)24-20(29)14-6-5-13(22)7-15(14)23/h5-7,16-19,21H,8H2,1-4H3,(H,24,29)/t16-,17-,18+,19+,21-/m0/s1. The van der Waals surface area contributed by atoms with E-state index < -0.39 is 67.0 Å². The summed E-state index contributed by atoms with van der Waals surface area (Å²) in [6.45, 7) is 4.02. The molecular weight excluding hydrogens is 497 g/mol. The number of hydrogen-bond donors (Lipinski definition) is 1. The van der Waals surface area contributed by atoms with E-state index in [1.807, 2.05) is 0 Å². The van der Waals surface area contributed by atoms with Crippen molar-refractivity contribution in [1.29, 1.82) is 0 Å². The quantitative estimate of drug-likeness (QED) is 0.418.